The highest BCUT2D eigenvalue weighted by Crippen LogP contribution is 2.19. The summed E-state index contributed by atoms with van der Waals surface area (Å²) in [6.45, 7) is 5.10. The van der Waals surface area contributed by atoms with E-state index in [4.69, 9.17) is 0 Å². The second-order valence-electron chi connectivity index (χ2n) is 7.31. The first-order valence-electron chi connectivity index (χ1n) is 9.64. The first-order chi connectivity index (χ1) is 13.2. The average Bonchev–Trinajstić information content (AvgIpc) is 2.62. The van der Waals surface area contributed by atoms with Gasteiger partial charge in [-0.1, -0.05) is 26.0 Å². The zero-order chi connectivity index (χ0) is 21.1. The van der Waals surface area contributed by atoms with Gasteiger partial charge in [0.1, 0.15) is 5.75 Å². The molecule has 0 amide bonds. The molecule has 3 N–H and O–H groups in total. The van der Waals surface area contributed by atoms with E-state index in [2.05, 4.69) is 39.1 Å². The van der Waals surface area contributed by atoms with Gasteiger partial charge in [-0.15, -0.1) is 24.0 Å². The second kappa shape index (κ2) is 14.7. The van der Waals surface area contributed by atoms with Crippen molar-refractivity contribution < 1.29 is 18.6 Å². The molecule has 0 aliphatic heterocycles. The smallest absolute Gasteiger partial charge is 0.387 e. The van der Waals surface area contributed by atoms with E-state index in [0.29, 0.717) is 36.6 Å². The van der Waals surface area contributed by atoms with Crippen molar-refractivity contribution in [3.8, 4) is 5.75 Å². The quantitative estimate of drug-likeness (QED) is 0.233. The van der Waals surface area contributed by atoms with E-state index < -0.39 is 12.7 Å². The van der Waals surface area contributed by atoms with Crippen LogP contribution in [0.15, 0.2) is 29.3 Å². The number of rotatable bonds is 11. The van der Waals surface area contributed by atoms with E-state index in [0.717, 1.165) is 6.42 Å². The molecule has 0 fully saturated rings. The molecule has 2 atom stereocenters. The van der Waals surface area contributed by atoms with E-state index in [9.17, 15) is 13.9 Å². The number of alkyl halides is 2. The number of guanidine groups is 1. The molecule has 1 aromatic carbocycles. The van der Waals surface area contributed by atoms with Gasteiger partial charge in [-0.2, -0.15) is 8.78 Å². The number of aliphatic hydroxyl groups is 1. The Morgan fingerprint density at radius 2 is 1.79 bits per heavy atom. The van der Waals surface area contributed by atoms with E-state index in [1.165, 1.54) is 12.1 Å². The van der Waals surface area contributed by atoms with Gasteiger partial charge >= 0.3 is 6.61 Å². The predicted octanol–water partition coefficient (Wildman–Crippen LogP) is 3.47. The standard InChI is InChI=1S/C20H34F2N4O2.HI/c1-6-23-20(24-12-16(26(4)5)11-14(2)3)25-13-18(27)15-7-9-17(10-8-15)28-19(21)22;/h7-10,14,16,18-19,27H,6,11-13H2,1-5H3,(H2,23,24,25);1H. The Hall–Kier alpha value is -1.20. The van der Waals surface area contributed by atoms with Crippen LogP contribution >= 0.6 is 24.0 Å². The van der Waals surface area contributed by atoms with Gasteiger partial charge in [0.15, 0.2) is 5.96 Å². The zero-order valence-electron chi connectivity index (χ0n) is 17.9. The van der Waals surface area contributed by atoms with Crippen LogP contribution in [0, 0.1) is 5.92 Å². The van der Waals surface area contributed by atoms with Crippen LogP contribution in [0.2, 0.25) is 0 Å². The Bertz CT molecular complexity index is 586. The number of benzene rings is 1. The third-order valence-electron chi connectivity index (χ3n) is 4.23. The Balaban J connectivity index is 0.00000784. The topological polar surface area (TPSA) is 69.1 Å². The molecule has 0 saturated heterocycles. The van der Waals surface area contributed by atoms with Crippen molar-refractivity contribution in [1.29, 1.82) is 0 Å². The maximum Gasteiger partial charge on any atom is 0.387 e. The van der Waals surface area contributed by atoms with Gasteiger partial charge in [-0.3, -0.25) is 4.99 Å². The summed E-state index contributed by atoms with van der Waals surface area (Å²) < 4.78 is 28.7. The number of nitrogens with zero attached hydrogens (tertiary/aromatic N) is 2. The van der Waals surface area contributed by atoms with Gasteiger partial charge in [-0.25, -0.2) is 0 Å². The Kier molecular flexibility index (Phi) is 14.1. The summed E-state index contributed by atoms with van der Waals surface area (Å²) in [5.74, 6) is 1.28. The van der Waals surface area contributed by atoms with Crippen LogP contribution < -0.4 is 15.4 Å². The Labute approximate surface area is 190 Å². The summed E-state index contributed by atoms with van der Waals surface area (Å²) in [5.41, 5.74) is 0.607. The minimum atomic E-state index is -2.86. The number of nitrogens with one attached hydrogen (secondary N) is 2. The molecule has 0 aliphatic carbocycles. The molecular weight excluding hydrogens is 493 g/mol. The lowest BCUT2D eigenvalue weighted by Crippen LogP contribution is -2.41. The number of hydrogen-bond donors (Lipinski definition) is 3. The van der Waals surface area contributed by atoms with Gasteiger partial charge in [0.05, 0.1) is 12.6 Å². The number of hydrogen-bond acceptors (Lipinski definition) is 4. The minimum absolute atomic E-state index is 0. The van der Waals surface area contributed by atoms with E-state index in [-0.39, 0.29) is 36.3 Å². The second-order valence-corrected chi connectivity index (χ2v) is 7.31. The summed E-state index contributed by atoms with van der Waals surface area (Å²) in [6.07, 6.45) is 0.246. The summed E-state index contributed by atoms with van der Waals surface area (Å²) in [7, 11) is 4.10. The van der Waals surface area contributed by atoms with Crippen LogP contribution in [0.3, 0.4) is 0 Å². The van der Waals surface area contributed by atoms with Crippen molar-refractivity contribution in [2.45, 2.75) is 45.9 Å². The van der Waals surface area contributed by atoms with E-state index >= 15 is 0 Å². The molecule has 0 aromatic heterocycles. The minimum Gasteiger partial charge on any atom is -0.435 e. The lowest BCUT2D eigenvalue weighted by Gasteiger charge is -2.25. The summed E-state index contributed by atoms with van der Waals surface area (Å²) in [5, 5.41) is 16.7. The van der Waals surface area contributed by atoms with Gasteiger partial charge in [0.25, 0.3) is 0 Å². The molecule has 1 rings (SSSR count). The van der Waals surface area contributed by atoms with E-state index in [1.807, 2.05) is 21.0 Å². The van der Waals surface area contributed by atoms with Crippen LogP contribution in [0.25, 0.3) is 0 Å². The maximum atomic E-state index is 12.2. The molecule has 168 valence electrons. The lowest BCUT2D eigenvalue weighted by atomic mass is 10.0. The Morgan fingerprint density at radius 1 is 1.17 bits per heavy atom. The number of halogens is 3. The van der Waals surface area contributed by atoms with Gasteiger partial charge < -0.3 is 25.4 Å². The third kappa shape index (κ3) is 11.5. The van der Waals surface area contributed by atoms with Crippen LogP contribution in [0.4, 0.5) is 8.78 Å². The van der Waals surface area contributed by atoms with Crippen LogP contribution in [0.1, 0.15) is 38.9 Å². The molecule has 9 heteroatoms. The molecule has 29 heavy (non-hydrogen) atoms. The number of aliphatic hydroxyl groups excluding tert-OH is 1. The number of likely N-dealkylation sites (N-methyl/N-ethyl adjacent to an activating group) is 1. The van der Waals surface area contributed by atoms with Crippen molar-refractivity contribution in [2.75, 3.05) is 33.7 Å². The molecule has 0 heterocycles. The molecule has 0 spiro atoms. The predicted molar refractivity (Wildman–Crippen MR) is 124 cm³/mol. The molecule has 0 aliphatic rings. The summed E-state index contributed by atoms with van der Waals surface area (Å²) in [6, 6.07) is 6.30. The number of aliphatic imine (C=N–C) groups is 1. The molecule has 0 radical (unpaired) electrons. The third-order valence-corrected chi connectivity index (χ3v) is 4.23. The van der Waals surface area contributed by atoms with Crippen LogP contribution in [0.5, 0.6) is 5.75 Å². The molecule has 2 unspecified atom stereocenters. The molecular formula is C20H35F2IN4O2. The van der Waals surface area contributed by atoms with Crippen molar-refractivity contribution in [3.63, 3.8) is 0 Å². The van der Waals surface area contributed by atoms with Crippen LogP contribution in [-0.2, 0) is 0 Å². The van der Waals surface area contributed by atoms with Crippen molar-refractivity contribution >= 4 is 29.9 Å². The highest BCUT2D eigenvalue weighted by molar-refractivity contribution is 14.0. The normalized spacial score (nSPS) is 14.0. The highest BCUT2D eigenvalue weighted by atomic mass is 127. The fraction of sp³-hybridized carbons (Fsp3) is 0.650. The molecule has 6 nitrogen and oxygen atoms in total. The fourth-order valence-electron chi connectivity index (χ4n) is 2.71. The van der Waals surface area contributed by atoms with Crippen molar-refractivity contribution in [1.82, 2.24) is 15.5 Å². The van der Waals surface area contributed by atoms with Gasteiger partial charge in [0.2, 0.25) is 0 Å². The SMILES string of the molecule is CCNC(=NCC(CC(C)C)N(C)C)NCC(O)c1ccc(OC(F)F)cc1.I. The number of ether oxygens (including phenoxy) is 1. The van der Waals surface area contributed by atoms with E-state index in [1.54, 1.807) is 12.1 Å². The van der Waals surface area contributed by atoms with Crippen LogP contribution in [-0.4, -0.2) is 62.3 Å². The zero-order valence-corrected chi connectivity index (χ0v) is 20.2. The Morgan fingerprint density at radius 3 is 2.28 bits per heavy atom. The lowest BCUT2D eigenvalue weighted by molar-refractivity contribution is -0.0498. The average molecular weight is 528 g/mol. The van der Waals surface area contributed by atoms with Crippen molar-refractivity contribution in [2.24, 2.45) is 10.9 Å². The molecule has 1 aromatic rings. The van der Waals surface area contributed by atoms with Gasteiger partial charge in [0, 0.05) is 19.1 Å². The highest BCUT2D eigenvalue weighted by Gasteiger charge is 2.14. The molecule has 0 saturated carbocycles. The summed E-state index contributed by atoms with van der Waals surface area (Å²) in [4.78, 5) is 6.81. The maximum absolute atomic E-state index is 12.2. The fourth-order valence-corrected chi connectivity index (χ4v) is 2.71. The van der Waals surface area contributed by atoms with Gasteiger partial charge in [-0.05, 0) is 51.1 Å². The first kappa shape index (κ1) is 27.8. The van der Waals surface area contributed by atoms with Crippen molar-refractivity contribution in [3.05, 3.63) is 29.8 Å². The first-order valence-corrected chi connectivity index (χ1v) is 9.64. The largest absolute Gasteiger partial charge is 0.435 e. The monoisotopic (exact) mass is 528 g/mol. The molecule has 0 bridgehead atoms. The summed E-state index contributed by atoms with van der Waals surface area (Å²) >= 11 is 0.